The van der Waals surface area contributed by atoms with Crippen molar-refractivity contribution in [2.24, 2.45) is 28.3 Å². The third kappa shape index (κ3) is 8.60. The Morgan fingerprint density at radius 1 is 1.35 bits per heavy atom. The second kappa shape index (κ2) is 13.6. The van der Waals surface area contributed by atoms with Gasteiger partial charge in [0.2, 0.25) is 5.91 Å². The summed E-state index contributed by atoms with van der Waals surface area (Å²) in [6, 6.07) is 3.64. The van der Waals surface area contributed by atoms with E-state index in [0.29, 0.717) is 36.1 Å². The minimum Gasteiger partial charge on any atom is -0.400 e. The summed E-state index contributed by atoms with van der Waals surface area (Å²) in [5.41, 5.74) is 13.9. The zero-order valence-corrected chi connectivity index (χ0v) is 23.2. The zero-order valence-electron chi connectivity index (χ0n) is 22.4. The van der Waals surface area contributed by atoms with Gasteiger partial charge in [-0.05, 0) is 58.6 Å². The van der Waals surface area contributed by atoms with E-state index in [9.17, 15) is 13.1 Å². The fourth-order valence-electron chi connectivity index (χ4n) is 4.26. The molecule has 204 valence electrons. The largest absolute Gasteiger partial charge is 0.400 e. The number of halogens is 2. The highest BCUT2D eigenvalue weighted by atomic mass is 32.2. The summed E-state index contributed by atoms with van der Waals surface area (Å²) in [4.78, 5) is 19.2. The van der Waals surface area contributed by atoms with Gasteiger partial charge >= 0.3 is 0 Å². The molecule has 0 bridgehead atoms. The molecule has 10 heteroatoms. The topological polar surface area (TPSA) is 100.0 Å². The lowest BCUT2D eigenvalue weighted by molar-refractivity contribution is -0.118. The second-order valence-electron chi connectivity index (χ2n) is 10.1. The van der Waals surface area contributed by atoms with E-state index in [-0.39, 0.29) is 23.8 Å². The van der Waals surface area contributed by atoms with Crippen LogP contribution < -0.4 is 21.7 Å². The molecule has 0 saturated carbocycles. The van der Waals surface area contributed by atoms with Gasteiger partial charge in [-0.1, -0.05) is 31.7 Å². The molecule has 2 atom stereocenters. The number of hydrogen-bond donors (Lipinski definition) is 3. The van der Waals surface area contributed by atoms with Gasteiger partial charge in [0.1, 0.15) is 11.9 Å². The Morgan fingerprint density at radius 2 is 2.00 bits per heavy atom. The molecule has 1 amide bonds. The molecule has 37 heavy (non-hydrogen) atoms. The average molecular weight is 535 g/mol. The molecule has 1 aromatic rings. The first-order valence-electron chi connectivity index (χ1n) is 12.4. The minimum absolute atomic E-state index is 0.110. The lowest BCUT2D eigenvalue weighted by atomic mass is 9.81. The fourth-order valence-corrected chi connectivity index (χ4v) is 4.64. The van der Waals surface area contributed by atoms with Gasteiger partial charge in [-0.3, -0.25) is 14.1 Å². The van der Waals surface area contributed by atoms with Gasteiger partial charge in [-0.25, -0.2) is 4.39 Å². The van der Waals surface area contributed by atoms with Gasteiger partial charge < -0.3 is 21.7 Å². The number of nitrogens with one attached hydrogen (secondary N) is 1. The van der Waals surface area contributed by atoms with E-state index >= 15 is 0 Å². The Bertz CT molecular complexity index is 1030. The molecule has 1 saturated heterocycles. The molecule has 5 N–H and O–H groups in total. The summed E-state index contributed by atoms with van der Waals surface area (Å²) < 4.78 is 29.9. The van der Waals surface area contributed by atoms with E-state index in [1.807, 2.05) is 38.7 Å². The normalized spacial score (nSPS) is 17.6. The molecule has 1 aliphatic heterocycles. The number of aliphatic imine (C=N–C) groups is 1. The number of amides is 1. The van der Waals surface area contributed by atoms with Crippen molar-refractivity contribution >= 4 is 35.8 Å². The van der Waals surface area contributed by atoms with Gasteiger partial charge in [-0.2, -0.15) is 0 Å². The number of piperidine rings is 1. The highest BCUT2D eigenvalue weighted by Crippen LogP contribution is 2.35. The average Bonchev–Trinajstić information content (AvgIpc) is 2.85. The number of carbonyl (C=O) groups is 1. The first kappa shape index (κ1) is 30.4. The molecular formula is C27H40F2N6OS. The van der Waals surface area contributed by atoms with Crippen LogP contribution in [0.5, 0.6) is 0 Å². The van der Waals surface area contributed by atoms with Crippen LogP contribution in [0.3, 0.4) is 0 Å². The first-order chi connectivity index (χ1) is 17.4. The SMILES string of the molecule is C=CC=N/C(C)=C\C(C)/C(N)=C/N(SF)C(C)C(=O)Nc1cccc(F)c1N1CCC(C(C)(C)N)CC1. The molecule has 0 spiro atoms. The van der Waals surface area contributed by atoms with Crippen molar-refractivity contribution in [1.29, 1.82) is 0 Å². The van der Waals surface area contributed by atoms with Crippen molar-refractivity contribution in [1.82, 2.24) is 4.31 Å². The number of allylic oxidation sites excluding steroid dienone is 3. The molecule has 0 aliphatic carbocycles. The maximum absolute atomic E-state index is 14.9. The molecule has 1 heterocycles. The number of nitrogens with zero attached hydrogens (tertiary/aromatic N) is 3. The van der Waals surface area contributed by atoms with Crippen molar-refractivity contribution < 1.29 is 13.1 Å². The number of benzene rings is 1. The van der Waals surface area contributed by atoms with Crippen LogP contribution in [-0.4, -0.2) is 41.1 Å². The first-order valence-corrected chi connectivity index (χ1v) is 13.1. The molecule has 0 aromatic heterocycles. The van der Waals surface area contributed by atoms with Crippen LogP contribution in [-0.2, 0) is 4.79 Å². The molecule has 2 rings (SSSR count). The predicted octanol–water partition coefficient (Wildman–Crippen LogP) is 5.54. The van der Waals surface area contributed by atoms with Crippen LogP contribution in [0.1, 0.15) is 47.5 Å². The van der Waals surface area contributed by atoms with Crippen LogP contribution in [0.15, 0.2) is 59.5 Å². The standard InChI is InChI=1S/C27H40F2N6OS/c1-7-13-32-19(3)16-18(2)23(30)17-35(37-29)20(4)26(36)33-24-10-8-9-22(28)25(24)34-14-11-21(12-15-34)27(5,6)31/h7-10,13,16-18,20-21H,1,11-12,14-15,30-31H2,2-6H3,(H,33,36)/b19-16-,23-17-,32-13?. The van der Waals surface area contributed by atoms with E-state index in [2.05, 4.69) is 16.9 Å². The summed E-state index contributed by atoms with van der Waals surface area (Å²) in [5, 5.41) is 2.79. The van der Waals surface area contributed by atoms with Crippen LogP contribution in [0, 0.1) is 17.7 Å². The third-order valence-corrected chi connectivity index (χ3v) is 7.21. The Labute approximate surface area is 224 Å². The number of para-hydroxylation sites is 1. The predicted molar refractivity (Wildman–Crippen MR) is 152 cm³/mol. The molecule has 7 nitrogen and oxygen atoms in total. The highest BCUT2D eigenvalue weighted by Gasteiger charge is 2.31. The Kier molecular flexibility index (Phi) is 11.2. The monoisotopic (exact) mass is 534 g/mol. The van der Waals surface area contributed by atoms with Crippen LogP contribution in [0.25, 0.3) is 0 Å². The molecular weight excluding hydrogens is 494 g/mol. The maximum Gasteiger partial charge on any atom is 0.247 e. The van der Waals surface area contributed by atoms with Crippen molar-refractivity contribution in [2.45, 2.75) is 59.0 Å². The fraction of sp³-hybridized carbons (Fsp3) is 0.481. The summed E-state index contributed by atoms with van der Waals surface area (Å²) in [6.07, 6.45) is 8.00. The molecule has 1 aromatic carbocycles. The molecule has 1 fully saturated rings. The Hall–Kier alpha value is -2.85. The van der Waals surface area contributed by atoms with Crippen molar-refractivity contribution in [2.75, 3.05) is 23.3 Å². The van der Waals surface area contributed by atoms with Crippen molar-refractivity contribution in [3.63, 3.8) is 0 Å². The molecule has 2 unspecified atom stereocenters. The van der Waals surface area contributed by atoms with Crippen LogP contribution in [0.4, 0.5) is 19.7 Å². The smallest absolute Gasteiger partial charge is 0.247 e. The van der Waals surface area contributed by atoms with Crippen LogP contribution >= 0.6 is 12.3 Å². The zero-order chi connectivity index (χ0) is 27.8. The Balaban J connectivity index is 2.17. The summed E-state index contributed by atoms with van der Waals surface area (Å²) in [6.45, 7) is 14.1. The van der Waals surface area contributed by atoms with Crippen LogP contribution in [0.2, 0.25) is 0 Å². The number of nitrogens with two attached hydrogens (primary N) is 2. The van der Waals surface area contributed by atoms with E-state index < -0.39 is 17.8 Å². The second-order valence-corrected chi connectivity index (χ2v) is 10.6. The maximum atomic E-state index is 14.9. The van der Waals surface area contributed by atoms with E-state index in [4.69, 9.17) is 11.5 Å². The molecule has 0 radical (unpaired) electrons. The molecule has 1 aliphatic rings. The minimum atomic E-state index is -0.926. The number of anilines is 2. The highest BCUT2D eigenvalue weighted by molar-refractivity contribution is 7.92. The van der Waals surface area contributed by atoms with E-state index in [0.717, 1.165) is 22.8 Å². The quantitative estimate of drug-likeness (QED) is 0.255. The van der Waals surface area contributed by atoms with Gasteiger partial charge in [-0.15, -0.1) is 3.89 Å². The number of rotatable bonds is 11. The van der Waals surface area contributed by atoms with E-state index in [1.54, 1.807) is 31.3 Å². The lowest BCUT2D eigenvalue weighted by Gasteiger charge is -2.40. The summed E-state index contributed by atoms with van der Waals surface area (Å²) in [7, 11) is 0. The van der Waals surface area contributed by atoms with Gasteiger partial charge in [0, 0.05) is 48.4 Å². The Morgan fingerprint density at radius 3 is 2.57 bits per heavy atom. The third-order valence-electron chi connectivity index (χ3n) is 6.63. The van der Waals surface area contributed by atoms with E-state index in [1.165, 1.54) is 12.3 Å². The van der Waals surface area contributed by atoms with Gasteiger partial charge in [0.05, 0.1) is 11.4 Å². The summed E-state index contributed by atoms with van der Waals surface area (Å²) in [5.74, 6) is -0.834. The van der Waals surface area contributed by atoms with Gasteiger partial charge in [0.15, 0.2) is 12.3 Å². The number of carbonyl (C=O) groups excluding carboxylic acids is 1. The lowest BCUT2D eigenvalue weighted by Crippen LogP contribution is -2.47. The summed E-state index contributed by atoms with van der Waals surface area (Å²) >= 11 is -0.110. The number of hydrogen-bond acceptors (Lipinski definition) is 7. The van der Waals surface area contributed by atoms with Crippen molar-refractivity contribution in [3.05, 3.63) is 60.3 Å². The van der Waals surface area contributed by atoms with Gasteiger partial charge in [0.25, 0.3) is 0 Å². The van der Waals surface area contributed by atoms with Crippen molar-refractivity contribution in [3.8, 4) is 0 Å².